The summed E-state index contributed by atoms with van der Waals surface area (Å²) in [6.07, 6.45) is 1.28. The lowest BCUT2D eigenvalue weighted by Gasteiger charge is -2.25. The number of carboxylic acid groups (broad SMARTS) is 1. The number of amides is 1. The van der Waals surface area contributed by atoms with E-state index in [1.54, 1.807) is 14.2 Å². The Balaban J connectivity index is 1.77. The molecule has 0 aromatic heterocycles. The fraction of sp³-hybridized carbons (Fsp3) is 0.360. The molecule has 34 heavy (non-hydrogen) atoms. The standard InChI is InChI=1S/C25H27Cl2NO6/c1-32-19-4-3-5-20(33-2)21(19)16-8-6-15(7-9-16)14-18(25(30)31)28-24(29)22(23(26)27)17-10-12-34-13-11-17/h3-9,17-18H,10-14H2,1-2H3,(H,28,29)(H,30,31)/t18-/m0/s1. The van der Waals surface area contributed by atoms with E-state index in [0.717, 1.165) is 16.7 Å². The molecule has 0 bridgehead atoms. The fourth-order valence-corrected chi connectivity index (χ4v) is 4.51. The number of carbonyl (C=O) groups is 2. The van der Waals surface area contributed by atoms with Crippen LogP contribution in [0.1, 0.15) is 18.4 Å². The highest BCUT2D eigenvalue weighted by molar-refractivity contribution is 6.57. The van der Waals surface area contributed by atoms with E-state index < -0.39 is 17.9 Å². The van der Waals surface area contributed by atoms with Crippen LogP contribution in [0.4, 0.5) is 0 Å². The van der Waals surface area contributed by atoms with Gasteiger partial charge in [-0.05, 0) is 42.0 Å². The van der Waals surface area contributed by atoms with Gasteiger partial charge in [-0.3, -0.25) is 4.79 Å². The van der Waals surface area contributed by atoms with Gasteiger partial charge in [0.25, 0.3) is 5.91 Å². The zero-order chi connectivity index (χ0) is 24.7. The van der Waals surface area contributed by atoms with Crippen LogP contribution in [0.5, 0.6) is 11.5 Å². The van der Waals surface area contributed by atoms with Crippen LogP contribution in [0.15, 0.2) is 52.5 Å². The maximum atomic E-state index is 12.9. The second-order valence-electron chi connectivity index (χ2n) is 7.86. The summed E-state index contributed by atoms with van der Waals surface area (Å²) in [7, 11) is 3.17. The minimum Gasteiger partial charge on any atom is -0.496 e. The smallest absolute Gasteiger partial charge is 0.326 e. The summed E-state index contributed by atoms with van der Waals surface area (Å²) in [6, 6.07) is 11.7. The zero-order valence-electron chi connectivity index (χ0n) is 19.0. The Morgan fingerprint density at radius 3 is 2.15 bits per heavy atom. The van der Waals surface area contributed by atoms with E-state index in [4.69, 9.17) is 37.4 Å². The fourth-order valence-electron chi connectivity index (χ4n) is 4.03. The lowest BCUT2D eigenvalue weighted by Crippen LogP contribution is -2.44. The summed E-state index contributed by atoms with van der Waals surface area (Å²) in [4.78, 5) is 24.8. The number of carboxylic acids is 1. The molecule has 1 saturated heterocycles. The van der Waals surface area contributed by atoms with Crippen molar-refractivity contribution in [3.63, 3.8) is 0 Å². The number of ether oxygens (including phenoxy) is 3. The zero-order valence-corrected chi connectivity index (χ0v) is 20.5. The first-order valence-corrected chi connectivity index (χ1v) is 11.6. The van der Waals surface area contributed by atoms with Gasteiger partial charge in [0.05, 0.1) is 25.4 Å². The van der Waals surface area contributed by atoms with Crippen molar-refractivity contribution < 1.29 is 28.9 Å². The molecule has 2 aromatic carbocycles. The van der Waals surface area contributed by atoms with Crippen molar-refractivity contribution in [3.05, 3.63) is 58.1 Å². The maximum Gasteiger partial charge on any atom is 0.326 e. The Morgan fingerprint density at radius 2 is 1.65 bits per heavy atom. The van der Waals surface area contributed by atoms with E-state index in [1.807, 2.05) is 42.5 Å². The highest BCUT2D eigenvalue weighted by atomic mass is 35.5. The molecule has 182 valence electrons. The quantitative estimate of drug-likeness (QED) is 0.481. The van der Waals surface area contributed by atoms with E-state index in [1.165, 1.54) is 0 Å². The van der Waals surface area contributed by atoms with Crippen molar-refractivity contribution in [2.45, 2.75) is 25.3 Å². The normalized spacial score (nSPS) is 14.7. The Hall–Kier alpha value is -2.74. The van der Waals surface area contributed by atoms with Crippen LogP contribution >= 0.6 is 23.2 Å². The Kier molecular flexibility index (Phi) is 9.21. The molecule has 1 aliphatic heterocycles. The highest BCUT2D eigenvalue weighted by Crippen LogP contribution is 2.38. The summed E-state index contributed by atoms with van der Waals surface area (Å²) in [5, 5.41) is 12.3. The van der Waals surface area contributed by atoms with Crippen molar-refractivity contribution in [2.75, 3.05) is 27.4 Å². The van der Waals surface area contributed by atoms with Crippen LogP contribution in [-0.2, 0) is 20.7 Å². The van der Waals surface area contributed by atoms with Gasteiger partial charge in [0.2, 0.25) is 0 Å². The minimum atomic E-state index is -1.15. The predicted molar refractivity (Wildman–Crippen MR) is 131 cm³/mol. The number of carbonyl (C=O) groups excluding carboxylic acids is 1. The van der Waals surface area contributed by atoms with Gasteiger partial charge in [-0.2, -0.15) is 0 Å². The van der Waals surface area contributed by atoms with Gasteiger partial charge in [0.15, 0.2) is 0 Å². The minimum absolute atomic E-state index is 0.0887. The van der Waals surface area contributed by atoms with Gasteiger partial charge in [-0.1, -0.05) is 53.5 Å². The molecule has 0 unspecified atom stereocenters. The molecular formula is C25H27Cl2NO6. The van der Waals surface area contributed by atoms with Gasteiger partial charge >= 0.3 is 5.97 Å². The van der Waals surface area contributed by atoms with Crippen LogP contribution in [0.2, 0.25) is 0 Å². The first-order valence-electron chi connectivity index (χ1n) is 10.8. The Labute approximate surface area is 208 Å². The molecule has 7 nitrogen and oxygen atoms in total. The molecule has 1 heterocycles. The summed E-state index contributed by atoms with van der Waals surface area (Å²) < 4.78 is 16.1. The third kappa shape index (κ3) is 6.23. The second kappa shape index (κ2) is 12.1. The van der Waals surface area contributed by atoms with Crippen molar-refractivity contribution in [3.8, 4) is 22.6 Å². The molecule has 1 amide bonds. The van der Waals surface area contributed by atoms with Gasteiger partial charge < -0.3 is 24.6 Å². The third-order valence-corrected chi connectivity index (χ3v) is 6.20. The molecule has 1 aliphatic rings. The maximum absolute atomic E-state index is 12.9. The summed E-state index contributed by atoms with van der Waals surface area (Å²) in [6.45, 7) is 0.988. The molecule has 2 aromatic rings. The van der Waals surface area contributed by atoms with E-state index in [2.05, 4.69) is 5.32 Å². The molecule has 0 radical (unpaired) electrons. The van der Waals surface area contributed by atoms with Crippen LogP contribution in [-0.4, -0.2) is 50.5 Å². The second-order valence-corrected chi connectivity index (χ2v) is 8.81. The van der Waals surface area contributed by atoms with Gasteiger partial charge in [0.1, 0.15) is 22.0 Å². The summed E-state index contributed by atoms with van der Waals surface area (Å²) in [5.74, 6) is -0.583. The molecule has 1 fully saturated rings. The van der Waals surface area contributed by atoms with Crippen LogP contribution in [0.25, 0.3) is 11.1 Å². The molecule has 3 rings (SSSR count). The Bertz CT molecular complexity index is 1020. The SMILES string of the molecule is COc1cccc(OC)c1-c1ccc(C[C@H](NC(=O)C(=C(Cl)Cl)C2CCOCC2)C(=O)O)cc1. The topological polar surface area (TPSA) is 94.1 Å². The number of benzene rings is 2. The third-order valence-electron chi connectivity index (χ3n) is 5.79. The number of aliphatic carboxylic acids is 1. The molecular weight excluding hydrogens is 481 g/mol. The van der Waals surface area contributed by atoms with E-state index in [-0.39, 0.29) is 22.4 Å². The monoisotopic (exact) mass is 507 g/mol. The highest BCUT2D eigenvalue weighted by Gasteiger charge is 2.29. The molecule has 0 spiro atoms. The lowest BCUT2D eigenvalue weighted by molar-refractivity contribution is -0.141. The summed E-state index contributed by atoms with van der Waals surface area (Å²) in [5.41, 5.74) is 2.59. The molecule has 0 aliphatic carbocycles. The number of hydrogen-bond acceptors (Lipinski definition) is 5. The van der Waals surface area contributed by atoms with Crippen LogP contribution in [0.3, 0.4) is 0 Å². The van der Waals surface area contributed by atoms with Crippen molar-refractivity contribution >= 4 is 35.1 Å². The van der Waals surface area contributed by atoms with Crippen LogP contribution < -0.4 is 14.8 Å². The molecule has 2 N–H and O–H groups in total. The van der Waals surface area contributed by atoms with E-state index in [9.17, 15) is 14.7 Å². The summed E-state index contributed by atoms with van der Waals surface area (Å²) >= 11 is 12.0. The van der Waals surface area contributed by atoms with Crippen molar-refractivity contribution in [2.24, 2.45) is 5.92 Å². The first-order chi connectivity index (χ1) is 16.3. The van der Waals surface area contributed by atoms with Crippen molar-refractivity contribution in [1.82, 2.24) is 5.32 Å². The molecule has 9 heteroatoms. The first kappa shape index (κ1) is 25.9. The number of nitrogens with one attached hydrogen (secondary N) is 1. The van der Waals surface area contributed by atoms with E-state index in [0.29, 0.717) is 37.6 Å². The average molecular weight is 508 g/mol. The Morgan fingerprint density at radius 1 is 1.06 bits per heavy atom. The average Bonchev–Trinajstić information content (AvgIpc) is 2.84. The number of methoxy groups -OCH3 is 2. The van der Waals surface area contributed by atoms with Gasteiger partial charge in [0, 0.05) is 19.6 Å². The van der Waals surface area contributed by atoms with E-state index >= 15 is 0 Å². The van der Waals surface area contributed by atoms with Crippen molar-refractivity contribution in [1.29, 1.82) is 0 Å². The number of halogens is 2. The van der Waals surface area contributed by atoms with Gasteiger partial charge in [-0.15, -0.1) is 0 Å². The number of hydrogen-bond donors (Lipinski definition) is 2. The van der Waals surface area contributed by atoms with Gasteiger partial charge in [-0.25, -0.2) is 4.79 Å². The predicted octanol–water partition coefficient (Wildman–Crippen LogP) is 4.60. The number of rotatable bonds is 9. The molecule has 0 saturated carbocycles. The lowest BCUT2D eigenvalue weighted by atomic mass is 9.91. The van der Waals surface area contributed by atoms with Crippen LogP contribution in [0, 0.1) is 5.92 Å². The molecule has 1 atom stereocenters. The largest absolute Gasteiger partial charge is 0.496 e.